The van der Waals surface area contributed by atoms with Gasteiger partial charge in [0, 0.05) is 13.1 Å². The molecule has 20 heavy (non-hydrogen) atoms. The quantitative estimate of drug-likeness (QED) is 0.684. The van der Waals surface area contributed by atoms with Gasteiger partial charge in [0.1, 0.15) is 11.4 Å². The number of hydrogen-bond acceptors (Lipinski definition) is 4. The first kappa shape index (κ1) is 12.7. The van der Waals surface area contributed by atoms with E-state index in [-0.39, 0.29) is 5.43 Å². The van der Waals surface area contributed by atoms with Crippen LogP contribution in [0.4, 0.5) is 5.82 Å². The van der Waals surface area contributed by atoms with E-state index in [1.165, 1.54) is 0 Å². The first-order valence-electron chi connectivity index (χ1n) is 6.82. The van der Waals surface area contributed by atoms with E-state index in [2.05, 4.69) is 23.7 Å². The molecule has 0 aliphatic carbocycles. The fourth-order valence-corrected chi connectivity index (χ4v) is 2.40. The van der Waals surface area contributed by atoms with Gasteiger partial charge in [-0.05, 0) is 38.1 Å². The van der Waals surface area contributed by atoms with Gasteiger partial charge in [-0.1, -0.05) is 12.1 Å². The summed E-state index contributed by atoms with van der Waals surface area (Å²) in [5, 5.41) is 1.12. The normalized spacial score (nSPS) is 11.1. The van der Waals surface area contributed by atoms with Gasteiger partial charge < -0.3 is 9.32 Å². The molecule has 0 bridgehead atoms. The molecule has 3 aromatic rings. The van der Waals surface area contributed by atoms with Gasteiger partial charge in [0.2, 0.25) is 11.1 Å². The average Bonchev–Trinajstić information content (AvgIpc) is 2.48. The minimum atomic E-state index is -0.0274. The smallest absolute Gasteiger partial charge is 0.232 e. The van der Waals surface area contributed by atoms with Crippen molar-refractivity contribution >= 4 is 27.9 Å². The number of hydrogen-bond donors (Lipinski definition) is 0. The molecule has 0 saturated carbocycles. The van der Waals surface area contributed by atoms with E-state index >= 15 is 0 Å². The van der Waals surface area contributed by atoms with Crippen molar-refractivity contribution in [3.05, 3.63) is 46.6 Å². The molecule has 2 aromatic heterocycles. The predicted octanol–water partition coefficient (Wildman–Crippen LogP) is 3.19. The molecule has 4 heteroatoms. The highest BCUT2D eigenvalue weighted by Crippen LogP contribution is 2.20. The van der Waals surface area contributed by atoms with Crippen molar-refractivity contribution in [3.63, 3.8) is 0 Å². The Bertz CT molecular complexity index is 819. The van der Waals surface area contributed by atoms with Crippen molar-refractivity contribution < 1.29 is 4.42 Å². The topological polar surface area (TPSA) is 46.3 Å². The van der Waals surface area contributed by atoms with E-state index < -0.39 is 0 Å². The first-order valence-corrected chi connectivity index (χ1v) is 6.82. The van der Waals surface area contributed by atoms with Gasteiger partial charge in [0.25, 0.3) is 0 Å². The highest BCUT2D eigenvalue weighted by Gasteiger charge is 2.10. The Labute approximate surface area is 116 Å². The number of aromatic nitrogens is 1. The van der Waals surface area contributed by atoms with Crippen molar-refractivity contribution in [1.82, 2.24) is 4.98 Å². The molecule has 0 aliphatic rings. The fourth-order valence-electron chi connectivity index (χ4n) is 2.40. The lowest BCUT2D eigenvalue weighted by molar-refractivity contribution is 0.643. The molecule has 0 fully saturated rings. The summed E-state index contributed by atoms with van der Waals surface area (Å²) < 4.78 is 5.77. The Morgan fingerprint density at radius 2 is 1.80 bits per heavy atom. The van der Waals surface area contributed by atoms with Crippen molar-refractivity contribution in [3.8, 4) is 0 Å². The number of para-hydroxylation sites is 1. The van der Waals surface area contributed by atoms with Crippen LogP contribution < -0.4 is 10.3 Å². The van der Waals surface area contributed by atoms with Crippen LogP contribution in [-0.2, 0) is 0 Å². The Morgan fingerprint density at radius 3 is 2.55 bits per heavy atom. The van der Waals surface area contributed by atoms with Gasteiger partial charge in [0.05, 0.1) is 10.8 Å². The summed E-state index contributed by atoms with van der Waals surface area (Å²) in [6.07, 6.45) is 0. The third kappa shape index (κ3) is 1.93. The van der Waals surface area contributed by atoms with Crippen LogP contribution in [-0.4, -0.2) is 18.1 Å². The van der Waals surface area contributed by atoms with E-state index in [0.29, 0.717) is 22.1 Å². The molecule has 0 aliphatic heterocycles. The highest BCUT2D eigenvalue weighted by atomic mass is 16.3. The monoisotopic (exact) mass is 268 g/mol. The van der Waals surface area contributed by atoms with E-state index in [9.17, 15) is 4.79 Å². The standard InChI is InChI=1S/C16H16N2O2/c1-3-18(4-2)14-10-9-12-15(19)11-7-5-6-8-13(11)20-16(12)17-14/h5-10H,3-4H2,1-2H3. The molecule has 1 aromatic carbocycles. The first-order chi connectivity index (χ1) is 9.74. The zero-order valence-electron chi connectivity index (χ0n) is 11.6. The Hall–Kier alpha value is -2.36. The molecule has 0 N–H and O–H groups in total. The second-order valence-electron chi connectivity index (χ2n) is 4.62. The maximum absolute atomic E-state index is 12.4. The fraction of sp³-hybridized carbons (Fsp3) is 0.250. The van der Waals surface area contributed by atoms with Crippen molar-refractivity contribution in [1.29, 1.82) is 0 Å². The minimum Gasteiger partial charge on any atom is -0.437 e. The van der Waals surface area contributed by atoms with Crippen LogP contribution in [0.5, 0.6) is 0 Å². The molecule has 0 amide bonds. The number of anilines is 1. The van der Waals surface area contributed by atoms with Gasteiger partial charge in [-0.15, -0.1) is 0 Å². The van der Waals surface area contributed by atoms with Crippen LogP contribution in [0.2, 0.25) is 0 Å². The van der Waals surface area contributed by atoms with Gasteiger partial charge in [-0.3, -0.25) is 4.79 Å². The molecule has 0 atom stereocenters. The number of benzene rings is 1. The number of pyridine rings is 1. The SMILES string of the molecule is CCN(CC)c1ccc2c(=O)c3ccccc3oc2n1. The third-order valence-corrected chi connectivity index (χ3v) is 3.52. The second-order valence-corrected chi connectivity index (χ2v) is 4.62. The largest absolute Gasteiger partial charge is 0.437 e. The molecule has 4 nitrogen and oxygen atoms in total. The summed E-state index contributed by atoms with van der Waals surface area (Å²) in [4.78, 5) is 19.0. The molecular weight excluding hydrogens is 252 g/mol. The predicted molar refractivity (Wildman–Crippen MR) is 81.3 cm³/mol. The lowest BCUT2D eigenvalue weighted by atomic mass is 10.2. The zero-order valence-corrected chi connectivity index (χ0v) is 11.6. The molecule has 0 unspecified atom stereocenters. The van der Waals surface area contributed by atoms with Crippen LogP contribution in [0.15, 0.2) is 45.6 Å². The number of fused-ring (bicyclic) bond motifs is 2. The van der Waals surface area contributed by atoms with Crippen LogP contribution in [0, 0.1) is 0 Å². The van der Waals surface area contributed by atoms with Crippen molar-refractivity contribution in [2.75, 3.05) is 18.0 Å². The number of nitrogens with zero attached hydrogens (tertiary/aromatic N) is 2. The zero-order chi connectivity index (χ0) is 14.1. The van der Waals surface area contributed by atoms with Gasteiger partial charge in [-0.2, -0.15) is 4.98 Å². The van der Waals surface area contributed by atoms with Crippen LogP contribution >= 0.6 is 0 Å². The molecular formula is C16H16N2O2. The van der Waals surface area contributed by atoms with Gasteiger partial charge in [-0.25, -0.2) is 0 Å². The Morgan fingerprint density at radius 1 is 1.05 bits per heavy atom. The lowest BCUT2D eigenvalue weighted by Crippen LogP contribution is -2.23. The summed E-state index contributed by atoms with van der Waals surface area (Å²) >= 11 is 0. The third-order valence-electron chi connectivity index (χ3n) is 3.52. The van der Waals surface area contributed by atoms with E-state index in [1.54, 1.807) is 18.2 Å². The second kappa shape index (κ2) is 4.96. The molecule has 0 radical (unpaired) electrons. The van der Waals surface area contributed by atoms with Crippen LogP contribution in [0.1, 0.15) is 13.8 Å². The summed E-state index contributed by atoms with van der Waals surface area (Å²) in [5.74, 6) is 0.834. The van der Waals surface area contributed by atoms with Gasteiger partial charge in [0.15, 0.2) is 0 Å². The highest BCUT2D eigenvalue weighted by molar-refractivity contribution is 5.88. The Kier molecular flexibility index (Phi) is 3.14. The van der Waals surface area contributed by atoms with E-state index in [0.717, 1.165) is 18.9 Å². The molecule has 0 spiro atoms. The van der Waals surface area contributed by atoms with Gasteiger partial charge >= 0.3 is 0 Å². The molecule has 0 saturated heterocycles. The maximum atomic E-state index is 12.4. The van der Waals surface area contributed by atoms with E-state index in [1.807, 2.05) is 18.2 Å². The molecule has 3 rings (SSSR count). The van der Waals surface area contributed by atoms with Crippen molar-refractivity contribution in [2.45, 2.75) is 13.8 Å². The average molecular weight is 268 g/mol. The van der Waals surface area contributed by atoms with Crippen LogP contribution in [0.25, 0.3) is 22.1 Å². The summed E-state index contributed by atoms with van der Waals surface area (Å²) in [6.45, 7) is 5.89. The number of rotatable bonds is 3. The Balaban J connectivity index is 2.29. The lowest BCUT2D eigenvalue weighted by Gasteiger charge is -2.19. The van der Waals surface area contributed by atoms with E-state index in [4.69, 9.17) is 4.42 Å². The molecule has 102 valence electrons. The summed E-state index contributed by atoms with van der Waals surface area (Å²) in [7, 11) is 0. The summed E-state index contributed by atoms with van der Waals surface area (Å²) in [6, 6.07) is 10.9. The minimum absolute atomic E-state index is 0.0274. The summed E-state index contributed by atoms with van der Waals surface area (Å²) in [5.41, 5.74) is 0.952. The maximum Gasteiger partial charge on any atom is 0.232 e. The van der Waals surface area contributed by atoms with Crippen LogP contribution in [0.3, 0.4) is 0 Å². The van der Waals surface area contributed by atoms with Crippen molar-refractivity contribution in [2.24, 2.45) is 0 Å². The molecule has 2 heterocycles.